The van der Waals surface area contributed by atoms with Crippen LogP contribution in [0.15, 0.2) is 0 Å². The van der Waals surface area contributed by atoms with Crippen molar-refractivity contribution in [1.29, 1.82) is 0 Å². The molecule has 0 aliphatic carbocycles. The van der Waals surface area contributed by atoms with Gasteiger partial charge in [-0.3, -0.25) is 5.32 Å². The van der Waals surface area contributed by atoms with Crippen molar-refractivity contribution >= 4 is 0 Å². The van der Waals surface area contributed by atoms with Gasteiger partial charge in [0.2, 0.25) is 0 Å². The Balaban J connectivity index is 1.94. The lowest BCUT2D eigenvalue weighted by Gasteiger charge is -2.10. The molecule has 0 saturated carbocycles. The molecule has 0 aromatic carbocycles. The number of aliphatic hydroxyl groups is 1. The molecule has 1 saturated heterocycles. The predicted molar refractivity (Wildman–Crippen MR) is 40.0 cm³/mol. The molecule has 0 aromatic rings. The molecule has 2 unspecified atom stereocenters. The highest BCUT2D eigenvalue weighted by molar-refractivity contribution is 4.61. The van der Waals surface area contributed by atoms with Gasteiger partial charge >= 0.3 is 0 Å². The quantitative estimate of drug-likeness (QED) is 0.555. The van der Waals surface area contributed by atoms with Crippen LogP contribution in [-0.2, 0) is 9.47 Å². The summed E-state index contributed by atoms with van der Waals surface area (Å²) in [5.41, 5.74) is 0. The number of nitrogens with one attached hydrogen (secondary N) is 1. The smallest absolute Gasteiger partial charge is 0.151 e. The molecule has 1 heterocycles. The Kier molecular flexibility index (Phi) is 3.79. The third kappa shape index (κ3) is 3.67. The van der Waals surface area contributed by atoms with Crippen molar-refractivity contribution in [3.63, 3.8) is 0 Å². The van der Waals surface area contributed by atoms with Gasteiger partial charge in [-0.2, -0.15) is 0 Å². The third-order valence-corrected chi connectivity index (χ3v) is 1.53. The van der Waals surface area contributed by atoms with Gasteiger partial charge in [0.05, 0.1) is 13.2 Å². The van der Waals surface area contributed by atoms with Crippen LogP contribution >= 0.6 is 0 Å². The van der Waals surface area contributed by atoms with Crippen LogP contribution in [0.25, 0.3) is 0 Å². The Hall–Kier alpha value is -0.160. The zero-order chi connectivity index (χ0) is 8.10. The highest BCUT2D eigenvalue weighted by Gasteiger charge is 2.13. The van der Waals surface area contributed by atoms with Gasteiger partial charge in [0.1, 0.15) is 6.23 Å². The Morgan fingerprint density at radius 1 is 1.82 bits per heavy atom. The average molecular weight is 161 g/mol. The van der Waals surface area contributed by atoms with Gasteiger partial charge in [0.15, 0.2) is 6.29 Å². The van der Waals surface area contributed by atoms with Crippen LogP contribution < -0.4 is 5.32 Å². The maximum absolute atomic E-state index is 8.74. The van der Waals surface area contributed by atoms with Crippen molar-refractivity contribution < 1.29 is 14.6 Å². The summed E-state index contributed by atoms with van der Waals surface area (Å²) >= 11 is 0. The van der Waals surface area contributed by atoms with Crippen molar-refractivity contribution in [3.05, 3.63) is 0 Å². The van der Waals surface area contributed by atoms with Crippen LogP contribution in [0.5, 0.6) is 0 Å². The van der Waals surface area contributed by atoms with Crippen LogP contribution in [-0.4, -0.2) is 37.4 Å². The third-order valence-electron chi connectivity index (χ3n) is 1.53. The van der Waals surface area contributed by atoms with Crippen molar-refractivity contribution in [3.8, 4) is 0 Å². The summed E-state index contributed by atoms with van der Waals surface area (Å²) in [6, 6.07) is 0. The molecule has 2 N–H and O–H groups in total. The predicted octanol–water partition coefficient (Wildman–Crippen LogP) is -0.323. The molecule has 0 amide bonds. The zero-order valence-electron chi connectivity index (χ0n) is 6.75. The van der Waals surface area contributed by atoms with Crippen LogP contribution in [0.3, 0.4) is 0 Å². The summed E-state index contributed by atoms with van der Waals surface area (Å²) in [7, 11) is 0. The largest absolute Gasteiger partial charge is 0.368 e. The minimum Gasteiger partial charge on any atom is -0.368 e. The fourth-order valence-electron chi connectivity index (χ4n) is 1.01. The summed E-state index contributed by atoms with van der Waals surface area (Å²) in [5.74, 6) is 0. The molecule has 0 spiro atoms. The van der Waals surface area contributed by atoms with E-state index in [2.05, 4.69) is 5.32 Å². The SMILES string of the molecule is CC(O)OCCC1NCCO1. The summed E-state index contributed by atoms with van der Waals surface area (Å²) < 4.78 is 10.2. The molecule has 0 bridgehead atoms. The first kappa shape index (κ1) is 8.93. The first-order chi connectivity index (χ1) is 5.29. The standard InChI is InChI=1S/C7H15NO3/c1-6(9)10-4-2-7-8-3-5-11-7/h6-9H,2-5H2,1H3. The molecule has 1 fully saturated rings. The van der Waals surface area contributed by atoms with Gasteiger partial charge in [0.25, 0.3) is 0 Å². The second kappa shape index (κ2) is 4.66. The van der Waals surface area contributed by atoms with Crippen LogP contribution in [0.1, 0.15) is 13.3 Å². The van der Waals surface area contributed by atoms with Gasteiger partial charge in [-0.15, -0.1) is 0 Å². The lowest BCUT2D eigenvalue weighted by atomic mass is 10.4. The molecule has 1 aliphatic heterocycles. The van der Waals surface area contributed by atoms with Gasteiger partial charge < -0.3 is 14.6 Å². The van der Waals surface area contributed by atoms with Crippen molar-refractivity contribution in [2.24, 2.45) is 0 Å². The van der Waals surface area contributed by atoms with E-state index in [4.69, 9.17) is 14.6 Å². The molecule has 1 rings (SSSR count). The van der Waals surface area contributed by atoms with Crippen LogP contribution in [0, 0.1) is 0 Å². The van der Waals surface area contributed by atoms with Crippen molar-refractivity contribution in [2.45, 2.75) is 25.9 Å². The molecular formula is C7H15NO3. The first-order valence-corrected chi connectivity index (χ1v) is 3.93. The summed E-state index contributed by atoms with van der Waals surface area (Å²) in [6.07, 6.45) is 0.246. The van der Waals surface area contributed by atoms with E-state index in [0.717, 1.165) is 19.6 Å². The fourth-order valence-corrected chi connectivity index (χ4v) is 1.01. The van der Waals surface area contributed by atoms with Crippen LogP contribution in [0.2, 0.25) is 0 Å². The Labute approximate surface area is 66.5 Å². The molecular weight excluding hydrogens is 146 g/mol. The summed E-state index contributed by atoms with van der Waals surface area (Å²) in [6.45, 7) is 3.83. The molecule has 4 heteroatoms. The summed E-state index contributed by atoms with van der Waals surface area (Å²) in [4.78, 5) is 0. The lowest BCUT2D eigenvalue weighted by molar-refractivity contribution is -0.0932. The van der Waals surface area contributed by atoms with E-state index in [1.54, 1.807) is 6.92 Å². The molecule has 66 valence electrons. The van der Waals surface area contributed by atoms with Gasteiger partial charge in [-0.05, 0) is 6.92 Å². The minimum absolute atomic E-state index is 0.119. The Bertz CT molecular complexity index is 102. The monoisotopic (exact) mass is 161 g/mol. The van der Waals surface area contributed by atoms with E-state index >= 15 is 0 Å². The number of ether oxygens (including phenoxy) is 2. The van der Waals surface area contributed by atoms with E-state index in [1.165, 1.54) is 0 Å². The normalized spacial score (nSPS) is 27.3. The number of aliphatic hydroxyl groups excluding tert-OH is 1. The molecule has 4 nitrogen and oxygen atoms in total. The molecule has 2 atom stereocenters. The number of rotatable bonds is 4. The maximum Gasteiger partial charge on any atom is 0.151 e. The average Bonchev–Trinajstić information content (AvgIpc) is 2.39. The van der Waals surface area contributed by atoms with E-state index in [9.17, 15) is 0 Å². The molecule has 11 heavy (non-hydrogen) atoms. The topological polar surface area (TPSA) is 50.7 Å². The first-order valence-electron chi connectivity index (χ1n) is 3.93. The lowest BCUT2D eigenvalue weighted by Crippen LogP contribution is -2.25. The molecule has 1 aliphatic rings. The number of hydrogen-bond acceptors (Lipinski definition) is 4. The fraction of sp³-hybridized carbons (Fsp3) is 1.00. The maximum atomic E-state index is 8.74. The molecule has 0 radical (unpaired) electrons. The van der Waals surface area contributed by atoms with E-state index < -0.39 is 6.29 Å². The zero-order valence-corrected chi connectivity index (χ0v) is 6.75. The Morgan fingerprint density at radius 2 is 2.64 bits per heavy atom. The number of hydrogen-bond donors (Lipinski definition) is 2. The van der Waals surface area contributed by atoms with Gasteiger partial charge in [-0.1, -0.05) is 0 Å². The van der Waals surface area contributed by atoms with Crippen LogP contribution in [0.4, 0.5) is 0 Å². The van der Waals surface area contributed by atoms with Gasteiger partial charge in [0, 0.05) is 13.0 Å². The van der Waals surface area contributed by atoms with Crippen molar-refractivity contribution in [1.82, 2.24) is 5.32 Å². The van der Waals surface area contributed by atoms with E-state index in [-0.39, 0.29) is 6.23 Å². The summed E-state index contributed by atoms with van der Waals surface area (Å²) in [5, 5.41) is 11.9. The second-order valence-corrected chi connectivity index (χ2v) is 2.57. The highest BCUT2D eigenvalue weighted by atomic mass is 16.6. The molecule has 0 aromatic heterocycles. The van der Waals surface area contributed by atoms with E-state index in [1.807, 2.05) is 0 Å². The minimum atomic E-state index is -0.670. The van der Waals surface area contributed by atoms with Crippen molar-refractivity contribution in [2.75, 3.05) is 19.8 Å². The van der Waals surface area contributed by atoms with Gasteiger partial charge in [-0.25, -0.2) is 0 Å². The second-order valence-electron chi connectivity index (χ2n) is 2.57. The Morgan fingerprint density at radius 3 is 3.18 bits per heavy atom. The van der Waals surface area contributed by atoms with E-state index in [0.29, 0.717) is 6.61 Å². The highest BCUT2D eigenvalue weighted by Crippen LogP contribution is 2.00.